The molecule has 3 atom stereocenters. The van der Waals surface area contributed by atoms with E-state index < -0.39 is 29.6 Å². The lowest BCUT2D eigenvalue weighted by Crippen LogP contribution is -2.54. The summed E-state index contributed by atoms with van der Waals surface area (Å²) >= 11 is 0. The van der Waals surface area contributed by atoms with Crippen LogP contribution in [0.4, 0.5) is 0 Å². The predicted molar refractivity (Wildman–Crippen MR) is 108 cm³/mol. The topological polar surface area (TPSA) is 109 Å². The molecule has 2 rings (SSSR count). The van der Waals surface area contributed by atoms with Crippen molar-refractivity contribution in [1.29, 1.82) is 0 Å². The molecule has 1 N–H and O–H groups in total. The molecule has 7 heteroatoms. The molecule has 1 aromatic heterocycles. The zero-order chi connectivity index (χ0) is 21.7. The standard InChI is InChI=1S/C22H29NO6/c1-6-8-15-11-18(24)29-20-13(4)17(10-9-16(15)20)28-14(5)21(25)23-19(22(26)27)12(3)7-2/h9-12,14,19H,6-8H2,1-5H3,(H,23,25)(H,26,27)/p-1/t12-,14+,19-/m0/s1. The minimum Gasteiger partial charge on any atom is -0.548 e. The largest absolute Gasteiger partial charge is 0.548 e. The van der Waals surface area contributed by atoms with Gasteiger partial charge in [-0.05, 0) is 43.9 Å². The number of rotatable bonds is 9. The van der Waals surface area contributed by atoms with Crippen LogP contribution in [0.2, 0.25) is 0 Å². The number of carbonyl (C=O) groups excluding carboxylic acids is 2. The van der Waals surface area contributed by atoms with Crippen LogP contribution in [0.15, 0.2) is 27.4 Å². The second kappa shape index (κ2) is 9.58. The van der Waals surface area contributed by atoms with Crippen molar-refractivity contribution >= 4 is 22.8 Å². The van der Waals surface area contributed by atoms with Crippen LogP contribution in [0.1, 0.15) is 51.7 Å². The first kappa shape index (κ1) is 22.5. The summed E-state index contributed by atoms with van der Waals surface area (Å²) < 4.78 is 11.1. The summed E-state index contributed by atoms with van der Waals surface area (Å²) in [7, 11) is 0. The zero-order valence-corrected chi connectivity index (χ0v) is 17.5. The van der Waals surface area contributed by atoms with Crippen molar-refractivity contribution < 1.29 is 23.8 Å². The van der Waals surface area contributed by atoms with Crippen molar-refractivity contribution in [3.8, 4) is 5.75 Å². The zero-order valence-electron chi connectivity index (χ0n) is 17.5. The molecule has 158 valence electrons. The number of benzene rings is 1. The molecule has 29 heavy (non-hydrogen) atoms. The highest BCUT2D eigenvalue weighted by Gasteiger charge is 2.24. The van der Waals surface area contributed by atoms with Crippen molar-refractivity contribution in [3.05, 3.63) is 39.7 Å². The van der Waals surface area contributed by atoms with E-state index in [1.165, 1.54) is 13.0 Å². The van der Waals surface area contributed by atoms with Crippen molar-refractivity contribution in [2.75, 3.05) is 0 Å². The van der Waals surface area contributed by atoms with Gasteiger partial charge in [0.05, 0.1) is 12.0 Å². The molecule has 0 aliphatic carbocycles. The van der Waals surface area contributed by atoms with E-state index >= 15 is 0 Å². The molecule has 0 saturated heterocycles. The van der Waals surface area contributed by atoms with Crippen molar-refractivity contribution in [2.45, 2.75) is 66.0 Å². The Labute approximate surface area is 170 Å². The van der Waals surface area contributed by atoms with E-state index in [1.807, 2.05) is 13.8 Å². The maximum Gasteiger partial charge on any atom is 0.336 e. The Morgan fingerprint density at radius 3 is 2.52 bits per heavy atom. The minimum atomic E-state index is -1.33. The van der Waals surface area contributed by atoms with Gasteiger partial charge in [0, 0.05) is 17.0 Å². The Morgan fingerprint density at radius 1 is 1.24 bits per heavy atom. The summed E-state index contributed by atoms with van der Waals surface area (Å²) in [6, 6.07) is 3.94. The third-order valence-electron chi connectivity index (χ3n) is 5.15. The molecule has 0 unspecified atom stereocenters. The number of hydrogen-bond acceptors (Lipinski definition) is 6. The second-order valence-corrected chi connectivity index (χ2v) is 7.36. The minimum absolute atomic E-state index is 0.273. The molecule has 0 radical (unpaired) electrons. The maximum absolute atomic E-state index is 12.5. The summed E-state index contributed by atoms with van der Waals surface area (Å²) in [6.07, 6.45) is 1.28. The van der Waals surface area contributed by atoms with Crippen LogP contribution in [-0.4, -0.2) is 24.0 Å². The Hall–Kier alpha value is -2.83. The summed E-state index contributed by atoms with van der Waals surface area (Å²) in [4.78, 5) is 35.7. The van der Waals surface area contributed by atoms with Gasteiger partial charge in [-0.25, -0.2) is 4.79 Å². The number of hydrogen-bond donors (Lipinski definition) is 1. The van der Waals surface area contributed by atoms with Crippen LogP contribution < -0.4 is 20.8 Å². The summed E-state index contributed by atoms with van der Waals surface area (Å²) in [5.74, 6) is -1.76. The fourth-order valence-electron chi connectivity index (χ4n) is 3.20. The lowest BCUT2D eigenvalue weighted by atomic mass is 9.99. The molecule has 2 aromatic rings. The quantitative estimate of drug-likeness (QED) is 0.644. The van der Waals surface area contributed by atoms with Crippen LogP contribution >= 0.6 is 0 Å². The summed E-state index contributed by atoms with van der Waals surface area (Å²) in [5.41, 5.74) is 1.51. The number of ether oxygens (including phenoxy) is 1. The van der Waals surface area contributed by atoms with E-state index in [4.69, 9.17) is 9.15 Å². The first-order valence-electron chi connectivity index (χ1n) is 9.93. The van der Waals surface area contributed by atoms with Gasteiger partial charge >= 0.3 is 5.63 Å². The monoisotopic (exact) mass is 402 g/mol. The molecule has 0 aliphatic heterocycles. The number of fused-ring (bicyclic) bond motifs is 1. The summed E-state index contributed by atoms with van der Waals surface area (Å²) in [6.45, 7) is 8.89. The van der Waals surface area contributed by atoms with Crippen LogP contribution in [0.5, 0.6) is 5.75 Å². The van der Waals surface area contributed by atoms with Crippen LogP contribution in [0, 0.1) is 12.8 Å². The number of aliphatic carboxylic acids is 1. The second-order valence-electron chi connectivity index (χ2n) is 7.36. The lowest BCUT2D eigenvalue weighted by molar-refractivity contribution is -0.309. The van der Waals surface area contributed by atoms with Crippen molar-refractivity contribution in [1.82, 2.24) is 5.32 Å². The van der Waals surface area contributed by atoms with Gasteiger partial charge in [0.15, 0.2) is 6.10 Å². The van der Waals surface area contributed by atoms with Gasteiger partial charge in [-0.15, -0.1) is 0 Å². The molecule has 0 fully saturated rings. The highest BCUT2D eigenvalue weighted by molar-refractivity contribution is 5.87. The average Bonchev–Trinajstić information content (AvgIpc) is 2.67. The first-order valence-corrected chi connectivity index (χ1v) is 9.93. The van der Waals surface area contributed by atoms with E-state index in [2.05, 4.69) is 5.32 Å². The molecule has 1 aromatic carbocycles. The Balaban J connectivity index is 2.27. The van der Waals surface area contributed by atoms with Gasteiger partial charge in [0.2, 0.25) is 0 Å². The first-order chi connectivity index (χ1) is 13.7. The normalized spacial score (nSPS) is 14.2. The number of nitrogens with one attached hydrogen (secondary N) is 1. The molecular weight excluding hydrogens is 374 g/mol. The highest BCUT2D eigenvalue weighted by Crippen LogP contribution is 2.29. The van der Waals surface area contributed by atoms with Crippen LogP contribution in [0.3, 0.4) is 0 Å². The predicted octanol–water partition coefficient (Wildman–Crippen LogP) is 2.10. The van der Waals surface area contributed by atoms with Gasteiger partial charge in [-0.3, -0.25) is 4.79 Å². The van der Waals surface area contributed by atoms with Gasteiger partial charge < -0.3 is 24.4 Å². The number of aryl methyl sites for hydroxylation is 2. The molecule has 7 nitrogen and oxygen atoms in total. The van der Waals surface area contributed by atoms with E-state index in [9.17, 15) is 19.5 Å². The molecular formula is C22H28NO6-. The number of carboxylic acids is 1. The molecule has 0 saturated carbocycles. The Bertz CT molecular complexity index is 948. The van der Waals surface area contributed by atoms with E-state index in [0.29, 0.717) is 23.3 Å². The van der Waals surface area contributed by atoms with Gasteiger partial charge in [0.25, 0.3) is 5.91 Å². The fraction of sp³-hybridized carbons (Fsp3) is 0.500. The van der Waals surface area contributed by atoms with E-state index in [0.717, 1.165) is 23.8 Å². The van der Waals surface area contributed by atoms with Crippen LogP contribution in [-0.2, 0) is 16.0 Å². The number of carboxylic acid groups (broad SMARTS) is 1. The number of carbonyl (C=O) groups is 2. The molecule has 1 heterocycles. The van der Waals surface area contributed by atoms with E-state index in [1.54, 1.807) is 26.0 Å². The molecule has 0 spiro atoms. The fourth-order valence-corrected chi connectivity index (χ4v) is 3.20. The maximum atomic E-state index is 12.5. The Morgan fingerprint density at radius 2 is 1.93 bits per heavy atom. The van der Waals surface area contributed by atoms with Gasteiger partial charge in [-0.2, -0.15) is 0 Å². The molecule has 1 amide bonds. The van der Waals surface area contributed by atoms with Gasteiger partial charge in [0.1, 0.15) is 11.3 Å². The Kier molecular flexibility index (Phi) is 7.42. The third kappa shape index (κ3) is 5.16. The van der Waals surface area contributed by atoms with Crippen molar-refractivity contribution in [2.24, 2.45) is 5.92 Å². The lowest BCUT2D eigenvalue weighted by Gasteiger charge is -2.27. The number of amides is 1. The highest BCUT2D eigenvalue weighted by atomic mass is 16.5. The van der Waals surface area contributed by atoms with Crippen LogP contribution in [0.25, 0.3) is 11.0 Å². The smallest absolute Gasteiger partial charge is 0.336 e. The third-order valence-corrected chi connectivity index (χ3v) is 5.15. The van der Waals surface area contributed by atoms with Crippen molar-refractivity contribution in [3.63, 3.8) is 0 Å². The SMILES string of the molecule is CCCc1cc(=O)oc2c(C)c(O[C@H](C)C(=O)N[C@H](C(=O)[O-])[C@@H](C)CC)ccc12. The summed E-state index contributed by atoms with van der Waals surface area (Å²) in [5, 5.41) is 14.6. The molecule has 0 bridgehead atoms. The van der Waals surface area contributed by atoms with Gasteiger partial charge in [-0.1, -0.05) is 33.6 Å². The van der Waals surface area contributed by atoms with E-state index in [-0.39, 0.29) is 5.92 Å². The molecule has 0 aliphatic rings. The average molecular weight is 402 g/mol.